The maximum Gasteiger partial charge on any atom is 0.263 e. The van der Waals surface area contributed by atoms with Crippen LogP contribution in [0.5, 0.6) is 0 Å². The number of nitrogens with zero attached hydrogens (tertiary/aromatic N) is 3. The molecule has 4 rings (SSSR count). The van der Waals surface area contributed by atoms with Crippen molar-refractivity contribution in [3.05, 3.63) is 69.4 Å². The van der Waals surface area contributed by atoms with Gasteiger partial charge in [-0.25, -0.2) is 0 Å². The topological polar surface area (TPSA) is 60.9 Å². The van der Waals surface area contributed by atoms with Gasteiger partial charge in [0.2, 0.25) is 11.3 Å². The molecule has 0 aliphatic carbocycles. The summed E-state index contributed by atoms with van der Waals surface area (Å²) >= 11 is 3.41. The van der Waals surface area contributed by atoms with Gasteiger partial charge < -0.3 is 9.09 Å². The van der Waals surface area contributed by atoms with Gasteiger partial charge in [0, 0.05) is 28.2 Å². The van der Waals surface area contributed by atoms with Crippen LogP contribution >= 0.6 is 15.9 Å². The van der Waals surface area contributed by atoms with Gasteiger partial charge in [-0.1, -0.05) is 40.1 Å². The molecule has 0 fully saturated rings. The lowest BCUT2D eigenvalue weighted by Gasteiger charge is -2.10. The highest BCUT2D eigenvalue weighted by atomic mass is 79.9. The molecule has 0 atom stereocenters. The Labute approximate surface area is 158 Å². The van der Waals surface area contributed by atoms with Crippen molar-refractivity contribution in [3.63, 3.8) is 0 Å². The Hall–Kier alpha value is -2.73. The third kappa shape index (κ3) is 2.97. The molecule has 0 unspecified atom stereocenters. The first-order chi connectivity index (χ1) is 12.7. The standard InChI is InChI=1S/C20H16BrN3O2/c1-2-11-24-12-16(18(25)15-5-3-4-6-17(15)24)20-22-19(23-26-20)13-7-9-14(21)10-8-13/h3-10,12H,2,11H2,1H3. The van der Waals surface area contributed by atoms with Gasteiger partial charge in [-0.05, 0) is 42.8 Å². The number of aryl methyl sites for hydroxylation is 1. The van der Waals surface area contributed by atoms with E-state index in [0.29, 0.717) is 16.8 Å². The van der Waals surface area contributed by atoms with Crippen molar-refractivity contribution in [3.8, 4) is 22.8 Å². The number of rotatable bonds is 4. The number of hydrogen-bond acceptors (Lipinski definition) is 4. The van der Waals surface area contributed by atoms with Gasteiger partial charge in [-0.15, -0.1) is 0 Å². The average molecular weight is 410 g/mol. The zero-order valence-corrected chi connectivity index (χ0v) is 15.7. The second kappa shape index (κ2) is 6.88. The predicted octanol–water partition coefficient (Wildman–Crippen LogP) is 4.89. The van der Waals surface area contributed by atoms with Crippen molar-refractivity contribution in [1.82, 2.24) is 14.7 Å². The summed E-state index contributed by atoms with van der Waals surface area (Å²) < 4.78 is 8.45. The molecule has 5 nitrogen and oxygen atoms in total. The molecule has 0 N–H and O–H groups in total. The lowest BCUT2D eigenvalue weighted by atomic mass is 10.1. The van der Waals surface area contributed by atoms with Crippen molar-refractivity contribution >= 4 is 26.8 Å². The van der Waals surface area contributed by atoms with E-state index in [1.165, 1.54) is 0 Å². The zero-order valence-electron chi connectivity index (χ0n) is 14.1. The summed E-state index contributed by atoms with van der Waals surface area (Å²) in [5.74, 6) is 0.700. The second-order valence-corrected chi connectivity index (χ2v) is 6.93. The molecular weight excluding hydrogens is 394 g/mol. The summed E-state index contributed by atoms with van der Waals surface area (Å²) in [7, 11) is 0. The Morgan fingerprint density at radius 1 is 1.12 bits per heavy atom. The largest absolute Gasteiger partial charge is 0.346 e. The Morgan fingerprint density at radius 3 is 2.65 bits per heavy atom. The predicted molar refractivity (Wildman–Crippen MR) is 105 cm³/mol. The van der Waals surface area contributed by atoms with Crippen molar-refractivity contribution in [2.75, 3.05) is 0 Å². The summed E-state index contributed by atoms with van der Waals surface area (Å²) in [6, 6.07) is 15.2. The Kier molecular flexibility index (Phi) is 4.42. The van der Waals surface area contributed by atoms with Crippen LogP contribution in [0.15, 0.2) is 68.5 Å². The number of hydrogen-bond donors (Lipinski definition) is 0. The minimum Gasteiger partial charge on any atom is -0.346 e. The quantitative estimate of drug-likeness (QED) is 0.481. The van der Waals surface area contributed by atoms with E-state index >= 15 is 0 Å². The van der Waals surface area contributed by atoms with Crippen molar-refractivity contribution in [2.24, 2.45) is 0 Å². The number of pyridine rings is 1. The molecule has 0 saturated heterocycles. The zero-order chi connectivity index (χ0) is 18.1. The first-order valence-electron chi connectivity index (χ1n) is 8.39. The van der Waals surface area contributed by atoms with Crippen LogP contribution in [0, 0.1) is 0 Å². The fourth-order valence-electron chi connectivity index (χ4n) is 2.97. The monoisotopic (exact) mass is 409 g/mol. The van der Waals surface area contributed by atoms with E-state index in [1.807, 2.05) is 54.7 Å². The summed E-state index contributed by atoms with van der Waals surface area (Å²) in [4.78, 5) is 17.4. The first-order valence-corrected chi connectivity index (χ1v) is 9.19. The molecule has 0 radical (unpaired) electrons. The van der Waals surface area contributed by atoms with E-state index in [1.54, 1.807) is 0 Å². The highest BCUT2D eigenvalue weighted by Crippen LogP contribution is 2.23. The van der Waals surface area contributed by atoms with E-state index in [4.69, 9.17) is 4.52 Å². The number of halogens is 1. The van der Waals surface area contributed by atoms with E-state index in [0.717, 1.165) is 28.5 Å². The van der Waals surface area contributed by atoms with Gasteiger partial charge in [-0.2, -0.15) is 4.98 Å². The fraction of sp³-hybridized carbons (Fsp3) is 0.150. The van der Waals surface area contributed by atoms with Crippen LogP contribution in [0.4, 0.5) is 0 Å². The number of fused-ring (bicyclic) bond motifs is 1. The highest BCUT2D eigenvalue weighted by Gasteiger charge is 2.17. The summed E-state index contributed by atoms with van der Waals surface area (Å²) in [5, 5.41) is 4.69. The van der Waals surface area contributed by atoms with Crippen LogP contribution in [0.25, 0.3) is 33.7 Å². The molecule has 0 spiro atoms. The van der Waals surface area contributed by atoms with Crippen LogP contribution in [0.3, 0.4) is 0 Å². The van der Waals surface area contributed by atoms with Gasteiger partial charge in [0.15, 0.2) is 0 Å². The molecule has 0 amide bonds. The molecule has 6 heteroatoms. The van der Waals surface area contributed by atoms with Crippen LogP contribution in [-0.4, -0.2) is 14.7 Å². The third-order valence-electron chi connectivity index (χ3n) is 4.21. The molecule has 0 aliphatic heterocycles. The van der Waals surface area contributed by atoms with Crippen molar-refractivity contribution < 1.29 is 4.52 Å². The van der Waals surface area contributed by atoms with Crippen LogP contribution in [-0.2, 0) is 6.54 Å². The number of para-hydroxylation sites is 1. The highest BCUT2D eigenvalue weighted by molar-refractivity contribution is 9.10. The molecular formula is C20H16BrN3O2. The normalized spacial score (nSPS) is 11.2. The molecule has 2 aromatic carbocycles. The molecule has 0 saturated carbocycles. The van der Waals surface area contributed by atoms with E-state index in [2.05, 4.69) is 37.6 Å². The smallest absolute Gasteiger partial charge is 0.263 e. The molecule has 4 aromatic rings. The Balaban J connectivity index is 1.86. The van der Waals surface area contributed by atoms with Crippen molar-refractivity contribution in [2.45, 2.75) is 19.9 Å². The SMILES string of the molecule is CCCn1cc(-c2nc(-c3ccc(Br)cc3)no2)c(=O)c2ccccc21. The van der Waals surface area contributed by atoms with E-state index < -0.39 is 0 Å². The minimum absolute atomic E-state index is 0.0982. The maximum absolute atomic E-state index is 12.9. The Bertz CT molecular complexity index is 1130. The molecule has 26 heavy (non-hydrogen) atoms. The summed E-state index contributed by atoms with van der Waals surface area (Å²) in [6.45, 7) is 2.91. The first kappa shape index (κ1) is 16.7. The molecule has 0 aliphatic rings. The Morgan fingerprint density at radius 2 is 1.88 bits per heavy atom. The van der Waals surface area contributed by atoms with Gasteiger partial charge in [0.1, 0.15) is 5.56 Å². The van der Waals surface area contributed by atoms with Gasteiger partial charge >= 0.3 is 0 Å². The van der Waals surface area contributed by atoms with E-state index in [-0.39, 0.29) is 11.3 Å². The second-order valence-electron chi connectivity index (χ2n) is 6.01. The summed E-state index contributed by atoms with van der Waals surface area (Å²) in [6.07, 6.45) is 2.77. The third-order valence-corrected chi connectivity index (χ3v) is 4.74. The lowest BCUT2D eigenvalue weighted by molar-refractivity contribution is 0.431. The van der Waals surface area contributed by atoms with E-state index in [9.17, 15) is 4.79 Å². The van der Waals surface area contributed by atoms with Crippen LogP contribution in [0.1, 0.15) is 13.3 Å². The number of aromatic nitrogens is 3. The maximum atomic E-state index is 12.9. The molecule has 2 aromatic heterocycles. The number of benzene rings is 2. The fourth-order valence-corrected chi connectivity index (χ4v) is 3.24. The van der Waals surface area contributed by atoms with Crippen LogP contribution in [0.2, 0.25) is 0 Å². The van der Waals surface area contributed by atoms with Gasteiger partial charge in [0.25, 0.3) is 5.89 Å². The van der Waals surface area contributed by atoms with Crippen LogP contribution < -0.4 is 5.43 Å². The van der Waals surface area contributed by atoms with Gasteiger partial charge in [0.05, 0.1) is 5.52 Å². The average Bonchev–Trinajstić information content (AvgIpc) is 3.15. The lowest BCUT2D eigenvalue weighted by Crippen LogP contribution is -2.12. The minimum atomic E-state index is -0.0982. The molecule has 2 heterocycles. The summed E-state index contributed by atoms with van der Waals surface area (Å²) in [5.41, 5.74) is 2.07. The molecule has 0 bridgehead atoms. The molecule has 130 valence electrons. The van der Waals surface area contributed by atoms with Gasteiger partial charge in [-0.3, -0.25) is 4.79 Å². The van der Waals surface area contributed by atoms with Crippen molar-refractivity contribution in [1.29, 1.82) is 0 Å².